The minimum atomic E-state index is -0.158. The summed E-state index contributed by atoms with van der Waals surface area (Å²) in [4.78, 5) is 21.1. The lowest BCUT2D eigenvalue weighted by Crippen LogP contribution is -2.36. The molecule has 0 atom stereocenters. The van der Waals surface area contributed by atoms with Crippen molar-refractivity contribution in [2.75, 3.05) is 5.32 Å². The molecule has 0 saturated heterocycles. The van der Waals surface area contributed by atoms with E-state index in [1.165, 1.54) is 6.42 Å². The Morgan fingerprint density at radius 2 is 1.84 bits per heavy atom. The Morgan fingerprint density at radius 1 is 1.08 bits per heavy atom. The molecule has 1 aromatic heterocycles. The van der Waals surface area contributed by atoms with Crippen LogP contribution in [0, 0.1) is 6.92 Å². The number of aromatic nitrogens is 2. The van der Waals surface area contributed by atoms with E-state index < -0.39 is 0 Å². The SMILES string of the molecule is Cc1nc(Nc2ccc(Cl)c(Cl)c2)cc(C(=O)NC2CCCCC2)n1. The number of anilines is 2. The normalized spacial score (nSPS) is 15.0. The van der Waals surface area contributed by atoms with Gasteiger partial charge in [0.2, 0.25) is 0 Å². The first-order valence-electron chi connectivity index (χ1n) is 8.40. The lowest BCUT2D eigenvalue weighted by molar-refractivity contribution is 0.0922. The molecule has 0 bridgehead atoms. The molecule has 0 aliphatic heterocycles. The molecule has 0 unspecified atom stereocenters. The fourth-order valence-corrected chi connectivity index (χ4v) is 3.27. The maximum atomic E-state index is 12.5. The second-order valence-electron chi connectivity index (χ2n) is 6.25. The molecule has 1 aliphatic rings. The van der Waals surface area contributed by atoms with Gasteiger partial charge in [-0.25, -0.2) is 9.97 Å². The average molecular weight is 379 g/mol. The molecule has 5 nitrogen and oxygen atoms in total. The van der Waals surface area contributed by atoms with E-state index in [2.05, 4.69) is 20.6 Å². The fraction of sp³-hybridized carbons (Fsp3) is 0.389. The molecule has 1 aromatic carbocycles. The van der Waals surface area contributed by atoms with E-state index in [1.807, 2.05) is 0 Å². The molecule has 1 amide bonds. The van der Waals surface area contributed by atoms with Gasteiger partial charge in [0.05, 0.1) is 10.0 Å². The summed E-state index contributed by atoms with van der Waals surface area (Å²) in [5, 5.41) is 7.15. The highest BCUT2D eigenvalue weighted by atomic mass is 35.5. The van der Waals surface area contributed by atoms with E-state index >= 15 is 0 Å². The summed E-state index contributed by atoms with van der Waals surface area (Å²) in [6.07, 6.45) is 5.64. The topological polar surface area (TPSA) is 66.9 Å². The van der Waals surface area contributed by atoms with Crippen LogP contribution in [0.4, 0.5) is 11.5 Å². The van der Waals surface area contributed by atoms with Gasteiger partial charge in [-0.3, -0.25) is 4.79 Å². The van der Waals surface area contributed by atoms with Gasteiger partial charge in [0.1, 0.15) is 17.3 Å². The van der Waals surface area contributed by atoms with Crippen LogP contribution in [0.1, 0.15) is 48.4 Å². The number of aryl methyl sites for hydroxylation is 1. The van der Waals surface area contributed by atoms with Crippen molar-refractivity contribution in [1.82, 2.24) is 15.3 Å². The van der Waals surface area contributed by atoms with Gasteiger partial charge in [-0.05, 0) is 38.0 Å². The molecule has 1 aliphatic carbocycles. The number of nitrogens with one attached hydrogen (secondary N) is 2. The molecule has 1 fully saturated rings. The van der Waals surface area contributed by atoms with Crippen molar-refractivity contribution in [1.29, 1.82) is 0 Å². The first kappa shape index (κ1) is 18.0. The number of carbonyl (C=O) groups excluding carboxylic acids is 1. The number of nitrogens with zero attached hydrogens (tertiary/aromatic N) is 2. The van der Waals surface area contributed by atoms with Crippen LogP contribution in [0.15, 0.2) is 24.3 Å². The van der Waals surface area contributed by atoms with Gasteiger partial charge in [0.15, 0.2) is 0 Å². The summed E-state index contributed by atoms with van der Waals surface area (Å²) in [5.74, 6) is 0.910. The van der Waals surface area contributed by atoms with Crippen molar-refractivity contribution in [2.45, 2.75) is 45.1 Å². The van der Waals surface area contributed by atoms with Crippen LogP contribution >= 0.6 is 23.2 Å². The second-order valence-corrected chi connectivity index (χ2v) is 7.06. The fourth-order valence-electron chi connectivity index (χ4n) is 2.98. The van der Waals surface area contributed by atoms with Crippen LogP contribution in [0.25, 0.3) is 0 Å². The Balaban J connectivity index is 1.75. The predicted molar refractivity (Wildman–Crippen MR) is 101 cm³/mol. The summed E-state index contributed by atoms with van der Waals surface area (Å²) in [6, 6.07) is 7.10. The van der Waals surface area contributed by atoms with E-state index in [1.54, 1.807) is 31.2 Å². The standard InChI is InChI=1S/C18H20Cl2N4O/c1-11-21-16(18(25)24-12-5-3-2-4-6-12)10-17(22-11)23-13-7-8-14(19)15(20)9-13/h7-10,12H,2-6H2,1H3,(H,24,25)(H,21,22,23). The largest absolute Gasteiger partial charge is 0.348 e. The molecule has 25 heavy (non-hydrogen) atoms. The molecule has 0 spiro atoms. The van der Waals surface area contributed by atoms with E-state index in [0.29, 0.717) is 27.4 Å². The van der Waals surface area contributed by atoms with Gasteiger partial charge in [-0.2, -0.15) is 0 Å². The van der Waals surface area contributed by atoms with Crippen LogP contribution in [0.2, 0.25) is 10.0 Å². The van der Waals surface area contributed by atoms with Crippen molar-refractivity contribution in [3.05, 3.63) is 45.8 Å². The molecular formula is C18H20Cl2N4O. The van der Waals surface area contributed by atoms with Crippen LogP contribution in [-0.2, 0) is 0 Å². The Labute approximate surface area is 157 Å². The third-order valence-corrected chi connectivity index (χ3v) is 4.94. The summed E-state index contributed by atoms with van der Waals surface area (Å²) < 4.78 is 0. The smallest absolute Gasteiger partial charge is 0.270 e. The zero-order chi connectivity index (χ0) is 17.8. The molecule has 1 saturated carbocycles. The average Bonchev–Trinajstić information content (AvgIpc) is 2.58. The predicted octanol–water partition coefficient (Wildman–Crippen LogP) is 4.90. The monoisotopic (exact) mass is 378 g/mol. The maximum Gasteiger partial charge on any atom is 0.270 e. The number of hydrogen-bond acceptors (Lipinski definition) is 4. The van der Waals surface area contributed by atoms with Crippen LogP contribution in [0.3, 0.4) is 0 Å². The van der Waals surface area contributed by atoms with Crippen molar-refractivity contribution >= 4 is 40.6 Å². The summed E-state index contributed by atoms with van der Waals surface area (Å²) in [7, 11) is 0. The van der Waals surface area contributed by atoms with Gasteiger partial charge in [0.25, 0.3) is 5.91 Å². The Kier molecular flexibility index (Phi) is 5.76. The zero-order valence-electron chi connectivity index (χ0n) is 14.0. The molecule has 132 valence electrons. The summed E-state index contributed by atoms with van der Waals surface area (Å²) >= 11 is 12.0. The highest BCUT2D eigenvalue weighted by molar-refractivity contribution is 6.42. The second kappa shape index (κ2) is 8.02. The zero-order valence-corrected chi connectivity index (χ0v) is 15.5. The van der Waals surface area contributed by atoms with Gasteiger partial charge < -0.3 is 10.6 Å². The van der Waals surface area contributed by atoms with Gasteiger partial charge in [-0.1, -0.05) is 42.5 Å². The van der Waals surface area contributed by atoms with E-state index in [-0.39, 0.29) is 11.9 Å². The van der Waals surface area contributed by atoms with Crippen LogP contribution in [0.5, 0.6) is 0 Å². The van der Waals surface area contributed by atoms with E-state index in [9.17, 15) is 4.79 Å². The number of halogens is 2. The number of amides is 1. The Morgan fingerprint density at radius 3 is 2.56 bits per heavy atom. The molecular weight excluding hydrogens is 359 g/mol. The van der Waals surface area contributed by atoms with Gasteiger partial charge >= 0.3 is 0 Å². The third kappa shape index (κ3) is 4.83. The van der Waals surface area contributed by atoms with Gasteiger partial charge in [-0.15, -0.1) is 0 Å². The number of benzene rings is 1. The van der Waals surface area contributed by atoms with Crippen LogP contribution in [-0.4, -0.2) is 21.9 Å². The minimum Gasteiger partial charge on any atom is -0.348 e. The molecule has 2 N–H and O–H groups in total. The molecule has 3 rings (SSSR count). The van der Waals surface area contributed by atoms with Crippen molar-refractivity contribution in [3.8, 4) is 0 Å². The first-order chi connectivity index (χ1) is 12.0. The molecule has 1 heterocycles. The molecule has 7 heteroatoms. The van der Waals surface area contributed by atoms with Crippen molar-refractivity contribution < 1.29 is 4.79 Å². The van der Waals surface area contributed by atoms with Crippen LogP contribution < -0.4 is 10.6 Å². The number of carbonyl (C=O) groups is 1. The van der Waals surface area contributed by atoms with E-state index in [0.717, 1.165) is 31.4 Å². The third-order valence-electron chi connectivity index (χ3n) is 4.20. The van der Waals surface area contributed by atoms with Crippen molar-refractivity contribution in [2.24, 2.45) is 0 Å². The minimum absolute atomic E-state index is 0.158. The van der Waals surface area contributed by atoms with Crippen molar-refractivity contribution in [3.63, 3.8) is 0 Å². The molecule has 2 aromatic rings. The first-order valence-corrected chi connectivity index (χ1v) is 9.15. The number of rotatable bonds is 4. The summed E-state index contributed by atoms with van der Waals surface area (Å²) in [5.41, 5.74) is 1.10. The number of hydrogen-bond donors (Lipinski definition) is 2. The van der Waals surface area contributed by atoms with E-state index in [4.69, 9.17) is 23.2 Å². The Hall–Kier alpha value is -1.85. The lowest BCUT2D eigenvalue weighted by Gasteiger charge is -2.22. The molecule has 0 radical (unpaired) electrons. The Bertz CT molecular complexity index is 776. The summed E-state index contributed by atoms with van der Waals surface area (Å²) in [6.45, 7) is 1.76. The lowest BCUT2D eigenvalue weighted by atomic mass is 9.95. The quantitative estimate of drug-likeness (QED) is 0.793. The highest BCUT2D eigenvalue weighted by Crippen LogP contribution is 2.26. The highest BCUT2D eigenvalue weighted by Gasteiger charge is 2.18. The van der Waals surface area contributed by atoms with Gasteiger partial charge in [0, 0.05) is 17.8 Å². The maximum absolute atomic E-state index is 12.5.